The van der Waals surface area contributed by atoms with Crippen molar-refractivity contribution in [3.63, 3.8) is 0 Å². The molecule has 4 rings (SSSR count). The van der Waals surface area contributed by atoms with Gasteiger partial charge in [0.25, 0.3) is 0 Å². The largest absolute Gasteiger partial charge is 0.497 e. The van der Waals surface area contributed by atoms with Crippen LogP contribution in [0.5, 0.6) is 5.75 Å². The molecule has 160 valence electrons. The maximum Gasteiger partial charge on any atom is 0.118 e. The van der Waals surface area contributed by atoms with Gasteiger partial charge in [-0.3, -0.25) is 0 Å². The summed E-state index contributed by atoms with van der Waals surface area (Å²) in [4.78, 5) is 6.37. The van der Waals surface area contributed by atoms with Gasteiger partial charge in [0.1, 0.15) is 11.6 Å². The molecule has 0 atom stereocenters. The summed E-state index contributed by atoms with van der Waals surface area (Å²) in [6.07, 6.45) is 2.50. The lowest BCUT2D eigenvalue weighted by Gasteiger charge is -2.26. The van der Waals surface area contributed by atoms with Crippen LogP contribution in [0.15, 0.2) is 47.4 Å². The second-order valence-electron chi connectivity index (χ2n) is 9.28. The molecule has 1 aliphatic heterocycles. The van der Waals surface area contributed by atoms with Crippen LogP contribution in [0.1, 0.15) is 45.0 Å². The third-order valence-electron chi connectivity index (χ3n) is 5.85. The van der Waals surface area contributed by atoms with Gasteiger partial charge in [-0.05, 0) is 67.7 Å². The van der Waals surface area contributed by atoms with Crippen molar-refractivity contribution < 1.29 is 4.74 Å². The number of ether oxygens (including phenoxy) is 1. The molecule has 0 unspecified atom stereocenters. The van der Waals surface area contributed by atoms with E-state index in [0.717, 1.165) is 42.6 Å². The van der Waals surface area contributed by atoms with Crippen LogP contribution in [-0.4, -0.2) is 29.8 Å². The highest BCUT2D eigenvalue weighted by atomic mass is 32.2. The quantitative estimate of drug-likeness (QED) is 0.521. The monoisotopic (exact) mass is 423 g/mol. The van der Waals surface area contributed by atoms with E-state index in [2.05, 4.69) is 61.0 Å². The Morgan fingerprint density at radius 2 is 1.83 bits per heavy atom. The fourth-order valence-corrected chi connectivity index (χ4v) is 5.05. The van der Waals surface area contributed by atoms with Crippen LogP contribution in [0, 0.1) is 5.92 Å². The van der Waals surface area contributed by atoms with Gasteiger partial charge >= 0.3 is 0 Å². The predicted molar refractivity (Wildman–Crippen MR) is 127 cm³/mol. The van der Waals surface area contributed by atoms with Crippen molar-refractivity contribution in [3.05, 3.63) is 53.9 Å². The van der Waals surface area contributed by atoms with Crippen LogP contribution in [0.2, 0.25) is 0 Å². The highest BCUT2D eigenvalue weighted by molar-refractivity contribution is 7.98. The summed E-state index contributed by atoms with van der Waals surface area (Å²) in [6, 6.07) is 15.1. The Bertz CT molecular complexity index is 982. The van der Waals surface area contributed by atoms with E-state index >= 15 is 0 Å². The summed E-state index contributed by atoms with van der Waals surface area (Å²) >= 11 is 1.86. The Morgan fingerprint density at radius 3 is 2.50 bits per heavy atom. The van der Waals surface area contributed by atoms with E-state index in [1.54, 1.807) is 7.11 Å². The summed E-state index contributed by atoms with van der Waals surface area (Å²) < 4.78 is 7.74. The van der Waals surface area contributed by atoms with E-state index in [9.17, 15) is 0 Å². The molecule has 2 aromatic carbocycles. The minimum absolute atomic E-state index is 0.0301. The Hall–Kier alpha value is -1.98. The molecule has 0 radical (unpaired) electrons. The van der Waals surface area contributed by atoms with Crippen molar-refractivity contribution in [2.24, 2.45) is 5.92 Å². The lowest BCUT2D eigenvalue weighted by atomic mass is 9.94. The fraction of sp³-hybridized carbons (Fsp3) is 0.480. The van der Waals surface area contributed by atoms with Crippen molar-refractivity contribution >= 4 is 22.8 Å². The zero-order valence-electron chi connectivity index (χ0n) is 18.6. The van der Waals surface area contributed by atoms with Crippen LogP contribution < -0.4 is 10.1 Å². The zero-order valence-corrected chi connectivity index (χ0v) is 19.4. The lowest BCUT2D eigenvalue weighted by Crippen LogP contribution is -2.31. The van der Waals surface area contributed by atoms with Crippen molar-refractivity contribution in [2.45, 2.75) is 56.2 Å². The second kappa shape index (κ2) is 9.03. The second-order valence-corrected chi connectivity index (χ2v) is 10.3. The predicted octanol–water partition coefficient (Wildman–Crippen LogP) is 5.63. The minimum Gasteiger partial charge on any atom is -0.497 e. The number of nitrogens with one attached hydrogen (secondary N) is 1. The number of thioether (sulfide) groups is 1. The first-order valence-corrected chi connectivity index (χ1v) is 11.9. The lowest BCUT2D eigenvalue weighted by molar-refractivity contribution is 0.326. The van der Waals surface area contributed by atoms with Gasteiger partial charge in [0.2, 0.25) is 0 Å². The normalized spacial score (nSPS) is 15.6. The summed E-state index contributed by atoms with van der Waals surface area (Å²) in [5.74, 6) is 3.78. The van der Waals surface area contributed by atoms with Gasteiger partial charge < -0.3 is 14.6 Å². The molecule has 0 spiro atoms. The number of rotatable bonds is 6. The average Bonchev–Trinajstić information content (AvgIpc) is 3.11. The molecular formula is C25H33N3OS. The number of aromatic nitrogens is 2. The molecule has 4 nitrogen and oxygen atoms in total. The van der Waals surface area contributed by atoms with Crippen molar-refractivity contribution in [1.29, 1.82) is 0 Å². The van der Waals surface area contributed by atoms with Gasteiger partial charge in [-0.1, -0.05) is 32.9 Å². The number of fused-ring (bicyclic) bond motifs is 1. The molecule has 0 bridgehead atoms. The first kappa shape index (κ1) is 21.3. The highest BCUT2D eigenvalue weighted by Gasteiger charge is 2.25. The van der Waals surface area contributed by atoms with Gasteiger partial charge in [-0.2, -0.15) is 0 Å². The van der Waals surface area contributed by atoms with Gasteiger partial charge in [0.15, 0.2) is 0 Å². The van der Waals surface area contributed by atoms with E-state index in [1.165, 1.54) is 34.6 Å². The van der Waals surface area contributed by atoms with Crippen LogP contribution in [-0.2, 0) is 17.7 Å². The zero-order chi connectivity index (χ0) is 21.1. The summed E-state index contributed by atoms with van der Waals surface area (Å²) in [5, 5.41) is 3.48. The molecule has 30 heavy (non-hydrogen) atoms. The fourth-order valence-electron chi connectivity index (χ4n) is 4.17. The van der Waals surface area contributed by atoms with Crippen LogP contribution >= 0.6 is 11.8 Å². The van der Waals surface area contributed by atoms with Crippen molar-refractivity contribution in [1.82, 2.24) is 14.9 Å². The minimum atomic E-state index is 0.0301. The molecule has 1 aromatic heterocycles. The molecule has 1 aliphatic rings. The maximum atomic E-state index is 5.25. The number of imidazole rings is 1. The van der Waals surface area contributed by atoms with E-state index in [0.29, 0.717) is 0 Å². The molecule has 3 aromatic rings. The summed E-state index contributed by atoms with van der Waals surface area (Å²) in [5.41, 5.74) is 3.72. The summed E-state index contributed by atoms with van der Waals surface area (Å²) in [6.45, 7) is 10.1. The summed E-state index contributed by atoms with van der Waals surface area (Å²) in [7, 11) is 1.70. The molecule has 1 N–H and O–H groups in total. The molecule has 0 amide bonds. The third kappa shape index (κ3) is 4.84. The average molecular weight is 424 g/mol. The number of hydrogen-bond donors (Lipinski definition) is 1. The van der Waals surface area contributed by atoms with Crippen molar-refractivity contribution in [3.8, 4) is 5.75 Å². The Morgan fingerprint density at radius 1 is 1.10 bits per heavy atom. The highest BCUT2D eigenvalue weighted by Crippen LogP contribution is 2.32. The maximum absolute atomic E-state index is 5.25. The Kier molecular flexibility index (Phi) is 6.40. The SMILES string of the molecule is COc1ccc(CSc2ccc3c(c2)nc(C(C)(C)C)n3CC2CCNCC2)cc1. The molecule has 1 saturated heterocycles. The van der Waals surface area contributed by atoms with E-state index in [-0.39, 0.29) is 5.41 Å². The molecule has 5 heteroatoms. The topological polar surface area (TPSA) is 39.1 Å². The van der Waals surface area contributed by atoms with Gasteiger partial charge in [0.05, 0.1) is 18.1 Å². The molecule has 0 aliphatic carbocycles. The number of hydrogen-bond acceptors (Lipinski definition) is 4. The molecule has 2 heterocycles. The number of methoxy groups -OCH3 is 1. The first-order chi connectivity index (χ1) is 14.4. The number of piperidine rings is 1. The van der Waals surface area contributed by atoms with Crippen molar-refractivity contribution in [2.75, 3.05) is 20.2 Å². The molecule has 0 saturated carbocycles. The van der Waals surface area contributed by atoms with E-state index < -0.39 is 0 Å². The molecule has 1 fully saturated rings. The third-order valence-corrected chi connectivity index (χ3v) is 6.92. The van der Waals surface area contributed by atoms with Gasteiger partial charge in [0, 0.05) is 22.6 Å². The molecular weight excluding hydrogens is 390 g/mol. The Labute approximate surface area is 184 Å². The van der Waals surface area contributed by atoms with Crippen LogP contribution in [0.4, 0.5) is 0 Å². The number of benzene rings is 2. The first-order valence-electron chi connectivity index (χ1n) is 10.9. The van der Waals surface area contributed by atoms with Crippen LogP contribution in [0.3, 0.4) is 0 Å². The van der Waals surface area contributed by atoms with E-state index in [1.807, 2.05) is 23.9 Å². The standard InChI is InChI=1S/C25H33N3OS/c1-25(2,3)24-27-22-15-21(30-17-19-5-7-20(29-4)8-6-19)9-10-23(22)28(24)16-18-11-13-26-14-12-18/h5-10,15,18,26H,11-14,16-17H2,1-4H3. The van der Waals surface area contributed by atoms with E-state index in [4.69, 9.17) is 9.72 Å². The van der Waals surface area contributed by atoms with Gasteiger partial charge in [-0.15, -0.1) is 11.8 Å². The number of nitrogens with zero attached hydrogens (tertiary/aromatic N) is 2. The smallest absolute Gasteiger partial charge is 0.118 e. The van der Waals surface area contributed by atoms with Gasteiger partial charge in [-0.25, -0.2) is 4.98 Å². The Balaban J connectivity index is 1.57. The van der Waals surface area contributed by atoms with Crippen LogP contribution in [0.25, 0.3) is 11.0 Å².